The molecule has 0 aliphatic carbocycles. The van der Waals surface area contributed by atoms with Crippen LogP contribution in [0.5, 0.6) is 11.5 Å². The second kappa shape index (κ2) is 12.2. The number of benzene rings is 2. The van der Waals surface area contributed by atoms with Crippen LogP contribution < -0.4 is 20.1 Å². The highest BCUT2D eigenvalue weighted by molar-refractivity contribution is 5.97. The maximum absolute atomic E-state index is 12.4. The molecule has 0 saturated heterocycles. The number of nitriles is 1. The summed E-state index contributed by atoms with van der Waals surface area (Å²) >= 11 is 0. The number of methoxy groups -OCH3 is 2. The first-order valence-electron chi connectivity index (χ1n) is 9.99. The number of nitrogens with zero attached hydrogens (tertiary/aromatic N) is 1. The van der Waals surface area contributed by atoms with Gasteiger partial charge < -0.3 is 20.1 Å². The van der Waals surface area contributed by atoms with Crippen molar-refractivity contribution in [3.05, 3.63) is 71.4 Å². The van der Waals surface area contributed by atoms with Crippen molar-refractivity contribution in [3.63, 3.8) is 0 Å². The standard InChI is InChI=1S/C24H29N3O3/c1-18(20-12-13-22(29-2)23(15-20)30-3)27-24(28)21(16-25)17-26-14-8-7-11-19-9-5-4-6-10-19/h4-6,9-10,12-13,15,17-18,26H,7-8,11,14H2,1-3H3,(H,27,28)/b21-17-. The quantitative estimate of drug-likeness (QED) is 0.335. The van der Waals surface area contributed by atoms with Gasteiger partial charge in [-0.05, 0) is 49.4 Å². The first kappa shape index (κ1) is 22.8. The van der Waals surface area contributed by atoms with Gasteiger partial charge in [0.15, 0.2) is 11.5 Å². The van der Waals surface area contributed by atoms with Gasteiger partial charge in [-0.2, -0.15) is 5.26 Å². The van der Waals surface area contributed by atoms with Crippen LogP contribution in [0, 0.1) is 11.3 Å². The predicted octanol–water partition coefficient (Wildman–Crippen LogP) is 3.90. The molecule has 2 N–H and O–H groups in total. The number of carbonyl (C=O) groups excluding carboxylic acids is 1. The van der Waals surface area contributed by atoms with Gasteiger partial charge in [0.2, 0.25) is 0 Å². The summed E-state index contributed by atoms with van der Waals surface area (Å²) in [6, 6.07) is 17.4. The van der Waals surface area contributed by atoms with E-state index in [1.54, 1.807) is 20.3 Å². The van der Waals surface area contributed by atoms with E-state index in [0.29, 0.717) is 18.0 Å². The third-order valence-corrected chi connectivity index (χ3v) is 4.75. The molecule has 0 aliphatic heterocycles. The molecule has 0 heterocycles. The number of amides is 1. The molecular weight excluding hydrogens is 378 g/mol. The number of carbonyl (C=O) groups is 1. The highest BCUT2D eigenvalue weighted by atomic mass is 16.5. The van der Waals surface area contributed by atoms with Gasteiger partial charge in [0.25, 0.3) is 5.91 Å². The van der Waals surface area contributed by atoms with Crippen molar-refractivity contribution < 1.29 is 14.3 Å². The Morgan fingerprint density at radius 3 is 2.50 bits per heavy atom. The van der Waals surface area contributed by atoms with E-state index in [2.05, 4.69) is 22.8 Å². The Morgan fingerprint density at radius 2 is 1.83 bits per heavy atom. The maximum atomic E-state index is 12.4. The smallest absolute Gasteiger partial charge is 0.263 e. The van der Waals surface area contributed by atoms with Crippen molar-refractivity contribution in [1.82, 2.24) is 10.6 Å². The van der Waals surface area contributed by atoms with Gasteiger partial charge in [-0.1, -0.05) is 36.4 Å². The van der Waals surface area contributed by atoms with Crippen LogP contribution in [0.25, 0.3) is 0 Å². The highest BCUT2D eigenvalue weighted by Crippen LogP contribution is 2.29. The molecule has 0 spiro atoms. The summed E-state index contributed by atoms with van der Waals surface area (Å²) in [4.78, 5) is 12.4. The van der Waals surface area contributed by atoms with Crippen molar-refractivity contribution in [1.29, 1.82) is 5.26 Å². The average Bonchev–Trinajstić information content (AvgIpc) is 2.78. The normalized spacial score (nSPS) is 11.9. The molecule has 6 nitrogen and oxygen atoms in total. The third kappa shape index (κ3) is 6.85. The molecule has 0 radical (unpaired) electrons. The van der Waals surface area contributed by atoms with Crippen LogP contribution in [0.1, 0.15) is 36.9 Å². The van der Waals surface area contributed by atoms with Crippen molar-refractivity contribution >= 4 is 5.91 Å². The van der Waals surface area contributed by atoms with E-state index in [4.69, 9.17) is 9.47 Å². The van der Waals surface area contributed by atoms with Gasteiger partial charge in [-0.15, -0.1) is 0 Å². The summed E-state index contributed by atoms with van der Waals surface area (Å²) in [6.07, 6.45) is 4.49. The van der Waals surface area contributed by atoms with Crippen molar-refractivity contribution in [2.45, 2.75) is 32.2 Å². The Kier molecular flexibility index (Phi) is 9.26. The summed E-state index contributed by atoms with van der Waals surface area (Å²) in [7, 11) is 3.13. The van der Waals surface area contributed by atoms with Gasteiger partial charge in [0, 0.05) is 12.7 Å². The molecule has 2 aromatic rings. The monoisotopic (exact) mass is 407 g/mol. The molecule has 30 heavy (non-hydrogen) atoms. The lowest BCUT2D eigenvalue weighted by molar-refractivity contribution is -0.117. The molecule has 0 aromatic heterocycles. The Balaban J connectivity index is 1.82. The van der Waals surface area contributed by atoms with Gasteiger partial charge in [-0.25, -0.2) is 0 Å². The van der Waals surface area contributed by atoms with Gasteiger partial charge >= 0.3 is 0 Å². The van der Waals surface area contributed by atoms with Crippen LogP contribution in [-0.2, 0) is 11.2 Å². The van der Waals surface area contributed by atoms with Crippen LogP contribution in [0.3, 0.4) is 0 Å². The Hall–Kier alpha value is -3.46. The molecule has 1 amide bonds. The van der Waals surface area contributed by atoms with Crippen LogP contribution in [0.15, 0.2) is 60.3 Å². The summed E-state index contributed by atoms with van der Waals surface area (Å²) in [5.41, 5.74) is 2.21. The Morgan fingerprint density at radius 1 is 1.10 bits per heavy atom. The van der Waals surface area contributed by atoms with E-state index in [1.165, 1.54) is 11.8 Å². The molecule has 158 valence electrons. The molecule has 2 aromatic carbocycles. The molecule has 0 aliphatic rings. The zero-order valence-corrected chi connectivity index (χ0v) is 17.8. The number of nitrogens with one attached hydrogen (secondary N) is 2. The fraction of sp³-hybridized carbons (Fsp3) is 0.333. The first-order chi connectivity index (χ1) is 14.6. The van der Waals surface area contributed by atoms with E-state index in [-0.39, 0.29) is 11.6 Å². The minimum Gasteiger partial charge on any atom is -0.493 e. The third-order valence-electron chi connectivity index (χ3n) is 4.75. The molecule has 0 bridgehead atoms. The van der Waals surface area contributed by atoms with E-state index < -0.39 is 5.91 Å². The maximum Gasteiger partial charge on any atom is 0.263 e. The molecule has 1 atom stereocenters. The number of ether oxygens (including phenoxy) is 2. The fourth-order valence-electron chi connectivity index (χ4n) is 3.00. The second-order valence-electron chi connectivity index (χ2n) is 6.88. The highest BCUT2D eigenvalue weighted by Gasteiger charge is 2.15. The van der Waals surface area contributed by atoms with E-state index in [9.17, 15) is 10.1 Å². The fourth-order valence-corrected chi connectivity index (χ4v) is 3.00. The van der Waals surface area contributed by atoms with Gasteiger partial charge in [0.05, 0.1) is 20.3 Å². The van der Waals surface area contributed by atoms with Gasteiger partial charge in [-0.3, -0.25) is 4.79 Å². The molecule has 0 saturated carbocycles. The van der Waals surface area contributed by atoms with Crippen molar-refractivity contribution in [2.24, 2.45) is 0 Å². The molecular formula is C24H29N3O3. The number of hydrogen-bond acceptors (Lipinski definition) is 5. The lowest BCUT2D eigenvalue weighted by atomic mass is 10.1. The summed E-state index contributed by atoms with van der Waals surface area (Å²) in [5.74, 6) is 0.787. The van der Waals surface area contributed by atoms with Crippen LogP contribution in [-0.4, -0.2) is 26.7 Å². The lowest BCUT2D eigenvalue weighted by Crippen LogP contribution is -2.28. The summed E-state index contributed by atoms with van der Waals surface area (Å²) in [6.45, 7) is 2.56. The first-order valence-corrected chi connectivity index (χ1v) is 9.99. The number of unbranched alkanes of at least 4 members (excludes halogenated alkanes) is 1. The second-order valence-corrected chi connectivity index (χ2v) is 6.88. The SMILES string of the molecule is COc1ccc(C(C)NC(=O)/C(C#N)=C\NCCCCc2ccccc2)cc1OC. The number of hydrogen-bond donors (Lipinski definition) is 2. The van der Waals surface area contributed by atoms with E-state index >= 15 is 0 Å². The lowest BCUT2D eigenvalue weighted by Gasteiger charge is -2.16. The van der Waals surface area contributed by atoms with Crippen LogP contribution >= 0.6 is 0 Å². The molecule has 1 unspecified atom stereocenters. The number of rotatable bonds is 11. The van der Waals surface area contributed by atoms with Crippen molar-refractivity contribution in [2.75, 3.05) is 20.8 Å². The minimum absolute atomic E-state index is 0.0467. The van der Waals surface area contributed by atoms with Gasteiger partial charge in [0.1, 0.15) is 11.6 Å². The zero-order valence-electron chi connectivity index (χ0n) is 17.8. The predicted molar refractivity (Wildman–Crippen MR) is 117 cm³/mol. The van der Waals surface area contributed by atoms with E-state index in [1.807, 2.05) is 43.3 Å². The van der Waals surface area contributed by atoms with E-state index in [0.717, 1.165) is 24.8 Å². The summed E-state index contributed by atoms with van der Waals surface area (Å²) < 4.78 is 10.5. The Labute approximate surface area is 178 Å². The molecule has 0 fully saturated rings. The average molecular weight is 408 g/mol. The zero-order chi connectivity index (χ0) is 21.8. The van der Waals surface area contributed by atoms with Crippen molar-refractivity contribution in [3.8, 4) is 17.6 Å². The van der Waals surface area contributed by atoms with Crippen LogP contribution in [0.4, 0.5) is 0 Å². The topological polar surface area (TPSA) is 83.4 Å². The number of aryl methyl sites for hydroxylation is 1. The molecule has 6 heteroatoms. The van der Waals surface area contributed by atoms with Crippen LogP contribution in [0.2, 0.25) is 0 Å². The largest absolute Gasteiger partial charge is 0.493 e. The summed E-state index contributed by atoms with van der Waals surface area (Å²) in [5, 5.41) is 15.2. The molecule has 2 rings (SSSR count). The Bertz CT molecular complexity index is 888. The minimum atomic E-state index is -0.420.